The topological polar surface area (TPSA) is 21.3 Å². The SMILES string of the molecule is C1=CC2c3cc(-c4ccc5c(c4)c4cc(-c6ccccc6)ccc4n5-c4ccc5c(c4)oc4ccccc45)ccc3N(c3ccccc3)C2C=C1. The smallest absolute Gasteiger partial charge is 0.137 e. The normalized spacial score (nSPS) is 16.4. The van der Waals surface area contributed by atoms with E-state index in [2.05, 4.69) is 179 Å². The molecule has 2 unspecified atom stereocenters. The van der Waals surface area contributed by atoms with Crippen molar-refractivity contribution in [2.75, 3.05) is 4.90 Å². The highest BCUT2D eigenvalue weighted by Gasteiger charge is 2.37. The Bertz CT molecular complexity index is 2870. The lowest BCUT2D eigenvalue weighted by Crippen LogP contribution is -2.28. The quantitative estimate of drug-likeness (QED) is 0.189. The molecule has 0 amide bonds. The summed E-state index contributed by atoms with van der Waals surface area (Å²) in [6, 6.07) is 57.5. The van der Waals surface area contributed by atoms with E-state index in [0.29, 0.717) is 5.92 Å². The predicted molar refractivity (Wildman–Crippen MR) is 212 cm³/mol. The molecule has 0 bridgehead atoms. The van der Waals surface area contributed by atoms with Crippen molar-refractivity contribution < 1.29 is 4.42 Å². The number of hydrogen-bond donors (Lipinski definition) is 0. The van der Waals surface area contributed by atoms with Gasteiger partial charge < -0.3 is 13.9 Å². The van der Waals surface area contributed by atoms with E-state index in [-0.39, 0.29) is 6.04 Å². The summed E-state index contributed by atoms with van der Waals surface area (Å²) in [5.41, 5.74) is 14.0. The molecule has 240 valence electrons. The van der Waals surface area contributed by atoms with Gasteiger partial charge in [-0.2, -0.15) is 0 Å². The van der Waals surface area contributed by atoms with E-state index in [4.69, 9.17) is 4.42 Å². The van der Waals surface area contributed by atoms with Gasteiger partial charge in [0.15, 0.2) is 0 Å². The molecule has 11 rings (SSSR count). The summed E-state index contributed by atoms with van der Waals surface area (Å²) in [5, 5.41) is 4.74. The van der Waals surface area contributed by atoms with Crippen molar-refractivity contribution in [2.24, 2.45) is 0 Å². The fourth-order valence-corrected chi connectivity index (χ4v) is 8.56. The van der Waals surface area contributed by atoms with Crippen LogP contribution >= 0.6 is 0 Å². The Morgan fingerprint density at radius 1 is 0.431 bits per heavy atom. The molecule has 1 aliphatic carbocycles. The lowest BCUT2D eigenvalue weighted by atomic mass is 9.89. The predicted octanol–water partition coefficient (Wildman–Crippen LogP) is 12.7. The maximum atomic E-state index is 6.35. The number of hydrogen-bond acceptors (Lipinski definition) is 2. The lowest BCUT2D eigenvalue weighted by molar-refractivity contribution is 0.668. The Labute approximate surface area is 295 Å². The zero-order valence-electron chi connectivity index (χ0n) is 27.8. The number of anilines is 2. The molecule has 2 atom stereocenters. The minimum Gasteiger partial charge on any atom is -0.456 e. The van der Waals surface area contributed by atoms with E-state index in [1.807, 2.05) is 12.1 Å². The average Bonchev–Trinajstić information content (AvgIpc) is 3.85. The fourth-order valence-electron chi connectivity index (χ4n) is 8.56. The highest BCUT2D eigenvalue weighted by molar-refractivity contribution is 6.12. The van der Waals surface area contributed by atoms with Gasteiger partial charge in [-0.1, -0.05) is 109 Å². The number of allylic oxidation sites excluding steroid dienone is 2. The summed E-state index contributed by atoms with van der Waals surface area (Å²) in [7, 11) is 0. The number of rotatable bonds is 4. The van der Waals surface area contributed by atoms with E-state index in [0.717, 1.165) is 27.6 Å². The summed E-state index contributed by atoms with van der Waals surface area (Å²) in [4.78, 5) is 2.49. The van der Waals surface area contributed by atoms with Crippen LogP contribution in [0.25, 0.3) is 71.7 Å². The minimum atomic E-state index is 0.267. The number of fused-ring (bicyclic) bond motifs is 9. The molecule has 0 fully saturated rings. The second-order valence-electron chi connectivity index (χ2n) is 13.7. The molecule has 1 aliphatic heterocycles. The molecule has 0 N–H and O–H groups in total. The summed E-state index contributed by atoms with van der Waals surface area (Å²) in [6.07, 6.45) is 9.07. The Balaban J connectivity index is 1.10. The van der Waals surface area contributed by atoms with Crippen LogP contribution in [-0.4, -0.2) is 10.6 Å². The van der Waals surface area contributed by atoms with E-state index < -0.39 is 0 Å². The van der Waals surface area contributed by atoms with Crippen LogP contribution in [0.1, 0.15) is 11.5 Å². The summed E-state index contributed by atoms with van der Waals surface area (Å²) in [6.45, 7) is 0. The van der Waals surface area contributed by atoms with Crippen molar-refractivity contribution in [1.82, 2.24) is 4.57 Å². The van der Waals surface area contributed by atoms with Crippen molar-refractivity contribution in [2.45, 2.75) is 12.0 Å². The van der Waals surface area contributed by atoms with Gasteiger partial charge in [-0.25, -0.2) is 0 Å². The van der Waals surface area contributed by atoms with Crippen LogP contribution in [0.4, 0.5) is 11.4 Å². The van der Waals surface area contributed by atoms with Gasteiger partial charge in [-0.15, -0.1) is 0 Å². The highest BCUT2D eigenvalue weighted by atomic mass is 16.3. The van der Waals surface area contributed by atoms with Gasteiger partial charge in [0.2, 0.25) is 0 Å². The van der Waals surface area contributed by atoms with Gasteiger partial charge in [0, 0.05) is 50.6 Å². The first-order valence-corrected chi connectivity index (χ1v) is 17.7. The molecule has 2 aromatic heterocycles. The standard InChI is InChI=1S/C48H32N2O/c1-3-11-31(12-4-1)32-19-24-45-41(27-32)42-29-34(21-26-46(42)50(45)36-22-23-39-38-16-8-10-18-47(38)51-48(39)30-36)33-20-25-44-40(28-33)37-15-7-9-17-43(37)49(44)35-13-5-2-6-14-35/h1-30,37,43H. The maximum absolute atomic E-state index is 6.35. The first kappa shape index (κ1) is 28.3. The van der Waals surface area contributed by atoms with Gasteiger partial charge in [0.25, 0.3) is 0 Å². The molecular formula is C48H32N2O. The average molecular weight is 653 g/mol. The molecule has 0 radical (unpaired) electrons. The Kier molecular flexibility index (Phi) is 6.08. The minimum absolute atomic E-state index is 0.267. The first-order chi connectivity index (χ1) is 25.3. The molecule has 0 saturated heterocycles. The van der Waals surface area contributed by atoms with Gasteiger partial charge in [0.1, 0.15) is 11.2 Å². The van der Waals surface area contributed by atoms with Crippen LogP contribution in [0, 0.1) is 0 Å². The first-order valence-electron chi connectivity index (χ1n) is 17.7. The van der Waals surface area contributed by atoms with Gasteiger partial charge >= 0.3 is 0 Å². The number of aromatic nitrogens is 1. The summed E-state index contributed by atoms with van der Waals surface area (Å²) in [5.74, 6) is 0.303. The molecule has 0 saturated carbocycles. The van der Waals surface area contributed by atoms with Crippen LogP contribution in [0.2, 0.25) is 0 Å². The lowest BCUT2D eigenvalue weighted by Gasteiger charge is -2.28. The van der Waals surface area contributed by atoms with Crippen LogP contribution in [0.15, 0.2) is 186 Å². The van der Waals surface area contributed by atoms with Crippen molar-refractivity contribution in [3.63, 3.8) is 0 Å². The Morgan fingerprint density at radius 3 is 1.88 bits per heavy atom. The third-order valence-corrected chi connectivity index (χ3v) is 10.9. The molecule has 3 nitrogen and oxygen atoms in total. The third-order valence-electron chi connectivity index (χ3n) is 10.9. The number of nitrogens with zero attached hydrogens (tertiary/aromatic N) is 2. The Hall–Kier alpha value is -6.58. The number of furan rings is 1. The van der Waals surface area contributed by atoms with Crippen LogP contribution in [0.5, 0.6) is 0 Å². The molecule has 3 heteroatoms. The molecule has 51 heavy (non-hydrogen) atoms. The van der Waals surface area contributed by atoms with E-state index in [1.165, 1.54) is 61.0 Å². The maximum Gasteiger partial charge on any atom is 0.137 e. The van der Waals surface area contributed by atoms with E-state index >= 15 is 0 Å². The zero-order chi connectivity index (χ0) is 33.5. The molecular weight excluding hydrogens is 621 g/mol. The van der Waals surface area contributed by atoms with Gasteiger partial charge in [-0.05, 0) is 94.5 Å². The second kappa shape index (κ2) is 11.0. The molecule has 9 aromatic rings. The fraction of sp³-hybridized carbons (Fsp3) is 0.0417. The molecule has 3 heterocycles. The Morgan fingerprint density at radius 2 is 1.08 bits per heavy atom. The van der Waals surface area contributed by atoms with Crippen molar-refractivity contribution in [1.29, 1.82) is 0 Å². The highest BCUT2D eigenvalue weighted by Crippen LogP contribution is 2.49. The third kappa shape index (κ3) is 4.31. The monoisotopic (exact) mass is 652 g/mol. The molecule has 7 aromatic carbocycles. The summed E-state index contributed by atoms with van der Waals surface area (Å²) < 4.78 is 8.74. The second-order valence-corrected chi connectivity index (χ2v) is 13.7. The molecule has 0 spiro atoms. The number of para-hydroxylation sites is 2. The summed E-state index contributed by atoms with van der Waals surface area (Å²) >= 11 is 0. The van der Waals surface area contributed by atoms with Crippen molar-refractivity contribution >= 4 is 55.1 Å². The van der Waals surface area contributed by atoms with Crippen LogP contribution < -0.4 is 4.90 Å². The van der Waals surface area contributed by atoms with Crippen LogP contribution in [-0.2, 0) is 0 Å². The van der Waals surface area contributed by atoms with E-state index in [1.54, 1.807) is 0 Å². The van der Waals surface area contributed by atoms with Crippen LogP contribution in [0.3, 0.4) is 0 Å². The number of benzene rings is 7. The van der Waals surface area contributed by atoms with E-state index in [9.17, 15) is 0 Å². The molecule has 2 aliphatic rings. The zero-order valence-corrected chi connectivity index (χ0v) is 27.8. The van der Waals surface area contributed by atoms with Gasteiger partial charge in [-0.3, -0.25) is 0 Å². The van der Waals surface area contributed by atoms with Crippen molar-refractivity contribution in [3.05, 3.63) is 188 Å². The van der Waals surface area contributed by atoms with Crippen molar-refractivity contribution in [3.8, 4) is 27.9 Å². The largest absolute Gasteiger partial charge is 0.456 e. The van der Waals surface area contributed by atoms with Gasteiger partial charge in [0.05, 0.1) is 17.1 Å².